The molecule has 0 saturated heterocycles. The lowest BCUT2D eigenvalue weighted by Crippen LogP contribution is -2.21. The van der Waals surface area contributed by atoms with Crippen molar-refractivity contribution in [2.24, 2.45) is 21.7 Å². The standard InChI is InChI=1S/C11H14N4O2/c12-11(13)15-14-7-9-3-1-8(2-4-9)5-6-10(16)17/h1-4,7H,5-6H2,(H,16,17)(H4,12,13,15)/b14-7-. The molecule has 0 radical (unpaired) electrons. The molecule has 1 rings (SSSR count). The highest BCUT2D eigenvalue weighted by Gasteiger charge is 1.98. The van der Waals surface area contributed by atoms with Gasteiger partial charge in [0, 0.05) is 6.42 Å². The number of nitrogens with zero attached hydrogens (tertiary/aromatic N) is 2. The van der Waals surface area contributed by atoms with Crippen molar-refractivity contribution in [2.45, 2.75) is 12.8 Å². The van der Waals surface area contributed by atoms with Crippen LogP contribution < -0.4 is 11.5 Å². The van der Waals surface area contributed by atoms with Gasteiger partial charge in [0.1, 0.15) is 0 Å². The maximum atomic E-state index is 10.4. The van der Waals surface area contributed by atoms with Gasteiger partial charge >= 0.3 is 5.97 Å². The van der Waals surface area contributed by atoms with Crippen LogP contribution in [-0.4, -0.2) is 23.2 Å². The van der Waals surface area contributed by atoms with E-state index in [9.17, 15) is 4.79 Å². The fourth-order valence-electron chi connectivity index (χ4n) is 1.18. The second-order valence-electron chi connectivity index (χ2n) is 3.40. The minimum atomic E-state index is -0.802. The fraction of sp³-hybridized carbons (Fsp3) is 0.182. The lowest BCUT2D eigenvalue weighted by molar-refractivity contribution is -0.136. The van der Waals surface area contributed by atoms with Gasteiger partial charge in [0.15, 0.2) is 0 Å². The van der Waals surface area contributed by atoms with Gasteiger partial charge in [0.2, 0.25) is 5.96 Å². The highest BCUT2D eigenvalue weighted by Crippen LogP contribution is 2.05. The molecule has 6 nitrogen and oxygen atoms in total. The summed E-state index contributed by atoms with van der Waals surface area (Å²) < 4.78 is 0. The van der Waals surface area contributed by atoms with Crippen molar-refractivity contribution in [1.29, 1.82) is 0 Å². The number of rotatable bonds is 5. The molecule has 0 aliphatic carbocycles. The molecule has 6 heteroatoms. The van der Waals surface area contributed by atoms with E-state index in [0.29, 0.717) is 6.42 Å². The van der Waals surface area contributed by atoms with E-state index in [2.05, 4.69) is 10.2 Å². The zero-order chi connectivity index (χ0) is 12.7. The third kappa shape index (κ3) is 5.31. The Kier molecular flexibility index (Phi) is 4.68. The van der Waals surface area contributed by atoms with Crippen LogP contribution in [0.4, 0.5) is 0 Å². The van der Waals surface area contributed by atoms with Gasteiger partial charge in [-0.3, -0.25) is 4.79 Å². The number of guanidine groups is 1. The zero-order valence-electron chi connectivity index (χ0n) is 9.21. The maximum absolute atomic E-state index is 10.4. The molecule has 1 aromatic carbocycles. The highest BCUT2D eigenvalue weighted by molar-refractivity contribution is 5.81. The summed E-state index contributed by atoms with van der Waals surface area (Å²) in [5.74, 6) is -0.900. The van der Waals surface area contributed by atoms with E-state index in [-0.39, 0.29) is 12.4 Å². The minimum Gasteiger partial charge on any atom is -0.481 e. The first-order valence-corrected chi connectivity index (χ1v) is 5.00. The van der Waals surface area contributed by atoms with E-state index >= 15 is 0 Å². The van der Waals surface area contributed by atoms with Crippen LogP contribution in [0.5, 0.6) is 0 Å². The summed E-state index contributed by atoms with van der Waals surface area (Å²) in [5.41, 5.74) is 12.0. The number of carboxylic acids is 1. The quantitative estimate of drug-likeness (QED) is 0.386. The van der Waals surface area contributed by atoms with Crippen molar-refractivity contribution in [3.8, 4) is 0 Å². The van der Waals surface area contributed by atoms with Gasteiger partial charge in [-0.2, -0.15) is 5.10 Å². The summed E-state index contributed by atoms with van der Waals surface area (Å²) >= 11 is 0. The monoisotopic (exact) mass is 234 g/mol. The molecule has 0 spiro atoms. The van der Waals surface area contributed by atoms with Gasteiger partial charge in [-0.05, 0) is 17.5 Å². The van der Waals surface area contributed by atoms with Crippen molar-refractivity contribution in [2.75, 3.05) is 0 Å². The van der Waals surface area contributed by atoms with Gasteiger partial charge in [-0.1, -0.05) is 24.3 Å². The van der Waals surface area contributed by atoms with Crippen LogP contribution in [0.25, 0.3) is 0 Å². The minimum absolute atomic E-state index is 0.0978. The van der Waals surface area contributed by atoms with E-state index < -0.39 is 5.97 Å². The van der Waals surface area contributed by atoms with Crippen molar-refractivity contribution >= 4 is 18.1 Å². The van der Waals surface area contributed by atoms with Crippen LogP contribution in [-0.2, 0) is 11.2 Å². The molecule has 0 aromatic heterocycles. The molecule has 0 heterocycles. The number of hydrogen-bond acceptors (Lipinski definition) is 3. The van der Waals surface area contributed by atoms with E-state index in [1.165, 1.54) is 6.21 Å². The summed E-state index contributed by atoms with van der Waals surface area (Å²) in [6.45, 7) is 0. The van der Waals surface area contributed by atoms with Gasteiger partial charge in [-0.15, -0.1) is 5.10 Å². The van der Waals surface area contributed by atoms with E-state index in [0.717, 1.165) is 11.1 Å². The van der Waals surface area contributed by atoms with Crippen LogP contribution in [0.2, 0.25) is 0 Å². The van der Waals surface area contributed by atoms with E-state index in [1.807, 2.05) is 24.3 Å². The predicted octanol–water partition coefficient (Wildman–Crippen LogP) is 0.311. The smallest absolute Gasteiger partial charge is 0.303 e. The first-order valence-electron chi connectivity index (χ1n) is 5.00. The Morgan fingerprint density at radius 1 is 1.29 bits per heavy atom. The first-order chi connectivity index (χ1) is 8.08. The summed E-state index contributed by atoms with van der Waals surface area (Å²) in [5, 5.41) is 15.7. The van der Waals surface area contributed by atoms with Gasteiger partial charge < -0.3 is 16.6 Å². The predicted molar refractivity (Wildman–Crippen MR) is 65.8 cm³/mol. The lowest BCUT2D eigenvalue weighted by Gasteiger charge is -1.98. The molecule has 0 atom stereocenters. The molecule has 0 amide bonds. The number of nitrogens with two attached hydrogens (primary N) is 2. The normalized spacial score (nSPS) is 10.4. The Hall–Kier alpha value is -2.37. The molecular formula is C11H14N4O2. The molecule has 0 fully saturated rings. The summed E-state index contributed by atoms with van der Waals surface area (Å²) in [7, 11) is 0. The van der Waals surface area contributed by atoms with E-state index in [1.54, 1.807) is 0 Å². The van der Waals surface area contributed by atoms with Crippen LogP contribution in [0.15, 0.2) is 34.5 Å². The average Bonchev–Trinajstić information content (AvgIpc) is 2.27. The molecular weight excluding hydrogens is 220 g/mol. The largest absolute Gasteiger partial charge is 0.481 e. The molecule has 0 bridgehead atoms. The number of carboxylic acid groups (broad SMARTS) is 1. The molecule has 0 unspecified atom stereocenters. The van der Waals surface area contributed by atoms with Crippen LogP contribution >= 0.6 is 0 Å². The Bertz CT molecular complexity index is 433. The van der Waals surface area contributed by atoms with Crippen molar-refractivity contribution in [3.05, 3.63) is 35.4 Å². The molecule has 17 heavy (non-hydrogen) atoms. The molecule has 0 saturated carbocycles. The van der Waals surface area contributed by atoms with Crippen LogP contribution in [0.1, 0.15) is 17.5 Å². The Balaban J connectivity index is 2.58. The van der Waals surface area contributed by atoms with Crippen molar-refractivity contribution in [3.63, 3.8) is 0 Å². The maximum Gasteiger partial charge on any atom is 0.303 e. The zero-order valence-corrected chi connectivity index (χ0v) is 9.21. The second kappa shape index (κ2) is 6.26. The summed E-state index contributed by atoms with van der Waals surface area (Å²) in [6.07, 6.45) is 2.16. The Morgan fingerprint density at radius 3 is 2.47 bits per heavy atom. The molecule has 0 aliphatic rings. The van der Waals surface area contributed by atoms with Crippen LogP contribution in [0, 0.1) is 0 Å². The van der Waals surface area contributed by atoms with Crippen molar-refractivity contribution < 1.29 is 9.90 Å². The number of carbonyl (C=O) groups is 1. The highest BCUT2D eigenvalue weighted by atomic mass is 16.4. The van der Waals surface area contributed by atoms with Gasteiger partial charge in [0.05, 0.1) is 6.21 Å². The van der Waals surface area contributed by atoms with Crippen molar-refractivity contribution in [1.82, 2.24) is 0 Å². The Morgan fingerprint density at radius 2 is 1.94 bits per heavy atom. The summed E-state index contributed by atoms with van der Waals surface area (Å²) in [6, 6.07) is 7.34. The number of aliphatic carboxylic acids is 1. The summed E-state index contributed by atoms with van der Waals surface area (Å²) in [4.78, 5) is 10.4. The van der Waals surface area contributed by atoms with E-state index in [4.69, 9.17) is 16.6 Å². The fourth-order valence-corrected chi connectivity index (χ4v) is 1.18. The van der Waals surface area contributed by atoms with Crippen LogP contribution in [0.3, 0.4) is 0 Å². The molecule has 0 aliphatic heterocycles. The third-order valence-corrected chi connectivity index (χ3v) is 1.99. The first kappa shape index (κ1) is 12.7. The topological polar surface area (TPSA) is 114 Å². The van der Waals surface area contributed by atoms with Gasteiger partial charge in [-0.25, -0.2) is 0 Å². The number of aryl methyl sites for hydroxylation is 1. The molecule has 1 aromatic rings. The second-order valence-corrected chi connectivity index (χ2v) is 3.40. The average molecular weight is 234 g/mol. The third-order valence-electron chi connectivity index (χ3n) is 1.99. The lowest BCUT2D eigenvalue weighted by atomic mass is 10.1. The number of benzene rings is 1. The van der Waals surface area contributed by atoms with Gasteiger partial charge in [0.25, 0.3) is 0 Å². The number of hydrogen-bond donors (Lipinski definition) is 3. The molecule has 5 N–H and O–H groups in total. The molecule has 90 valence electrons. The SMILES string of the molecule is NC(N)=N/N=C\c1ccc(CCC(=O)O)cc1. The Labute approximate surface area is 98.7 Å².